The first-order chi connectivity index (χ1) is 10.5. The van der Waals surface area contributed by atoms with Gasteiger partial charge in [-0.2, -0.15) is 0 Å². The van der Waals surface area contributed by atoms with E-state index in [0.29, 0.717) is 30.0 Å². The molecular formula is C16H17FN2O3. The van der Waals surface area contributed by atoms with Crippen molar-refractivity contribution in [1.29, 1.82) is 0 Å². The van der Waals surface area contributed by atoms with Gasteiger partial charge in [-0.25, -0.2) is 9.18 Å². The summed E-state index contributed by atoms with van der Waals surface area (Å²) in [6.07, 6.45) is 0. The van der Waals surface area contributed by atoms with E-state index in [1.54, 1.807) is 30.1 Å². The number of halogens is 1. The van der Waals surface area contributed by atoms with Crippen LogP contribution in [0.2, 0.25) is 0 Å². The van der Waals surface area contributed by atoms with Crippen LogP contribution in [-0.4, -0.2) is 46.3 Å². The second-order valence-electron chi connectivity index (χ2n) is 4.96. The molecule has 0 unspecified atom stereocenters. The average molecular weight is 304 g/mol. The van der Waals surface area contributed by atoms with Crippen LogP contribution in [0.5, 0.6) is 0 Å². The number of aromatic carboxylic acids is 1. The molecule has 5 nitrogen and oxygen atoms in total. The van der Waals surface area contributed by atoms with Crippen LogP contribution >= 0.6 is 0 Å². The predicted octanol–water partition coefficient (Wildman–Crippen LogP) is 2.01. The Balaban J connectivity index is 2.37. The van der Waals surface area contributed by atoms with Crippen molar-refractivity contribution in [2.45, 2.75) is 6.54 Å². The van der Waals surface area contributed by atoms with Crippen LogP contribution in [0.25, 0.3) is 11.3 Å². The van der Waals surface area contributed by atoms with E-state index in [0.717, 1.165) is 0 Å². The number of benzene rings is 1. The Morgan fingerprint density at radius 2 is 1.91 bits per heavy atom. The summed E-state index contributed by atoms with van der Waals surface area (Å²) in [5.41, 5.74) is 1.82. The molecule has 2 aromatic rings. The van der Waals surface area contributed by atoms with Crippen molar-refractivity contribution in [1.82, 2.24) is 9.88 Å². The Bertz CT molecular complexity index is 659. The van der Waals surface area contributed by atoms with Gasteiger partial charge in [0.25, 0.3) is 0 Å². The summed E-state index contributed by atoms with van der Waals surface area (Å²) < 4.78 is 13.0. The Labute approximate surface area is 127 Å². The lowest BCUT2D eigenvalue weighted by Crippen LogP contribution is -2.23. The zero-order valence-corrected chi connectivity index (χ0v) is 12.2. The molecule has 0 fully saturated rings. The quantitative estimate of drug-likeness (QED) is 0.854. The highest BCUT2D eigenvalue weighted by molar-refractivity contribution is 5.89. The van der Waals surface area contributed by atoms with E-state index in [-0.39, 0.29) is 18.0 Å². The minimum atomic E-state index is -1.05. The first kappa shape index (κ1) is 16.1. The number of aliphatic hydroxyl groups is 1. The molecule has 6 heteroatoms. The SMILES string of the molecule is CN(CCO)Cc1nc(-c2ccc(F)cc2)ccc1C(=O)O. The van der Waals surface area contributed by atoms with Gasteiger partial charge in [0.15, 0.2) is 0 Å². The fraction of sp³-hybridized carbons (Fsp3) is 0.250. The second kappa shape index (κ2) is 7.11. The van der Waals surface area contributed by atoms with Gasteiger partial charge in [0, 0.05) is 18.7 Å². The summed E-state index contributed by atoms with van der Waals surface area (Å²) in [6, 6.07) is 8.96. The van der Waals surface area contributed by atoms with E-state index in [4.69, 9.17) is 5.11 Å². The molecule has 116 valence electrons. The molecule has 1 aromatic carbocycles. The molecule has 0 aliphatic carbocycles. The first-order valence-electron chi connectivity index (χ1n) is 6.80. The maximum absolute atomic E-state index is 13.0. The van der Waals surface area contributed by atoms with Crippen LogP contribution in [0, 0.1) is 5.82 Å². The number of carboxylic acid groups (broad SMARTS) is 1. The van der Waals surface area contributed by atoms with Gasteiger partial charge in [0.2, 0.25) is 0 Å². The van der Waals surface area contributed by atoms with Gasteiger partial charge in [-0.15, -0.1) is 0 Å². The van der Waals surface area contributed by atoms with E-state index < -0.39 is 5.97 Å². The van der Waals surface area contributed by atoms with E-state index in [1.807, 2.05) is 0 Å². The van der Waals surface area contributed by atoms with E-state index in [1.165, 1.54) is 18.2 Å². The molecule has 0 saturated heterocycles. The summed E-state index contributed by atoms with van der Waals surface area (Å²) >= 11 is 0. The Morgan fingerprint density at radius 1 is 1.23 bits per heavy atom. The van der Waals surface area contributed by atoms with Crippen LogP contribution in [0.4, 0.5) is 4.39 Å². The molecule has 0 aliphatic rings. The lowest BCUT2D eigenvalue weighted by Gasteiger charge is -2.16. The minimum absolute atomic E-state index is 0.0173. The van der Waals surface area contributed by atoms with Crippen molar-refractivity contribution >= 4 is 5.97 Å². The number of pyridine rings is 1. The predicted molar refractivity (Wildman–Crippen MR) is 80.0 cm³/mol. The molecule has 0 bridgehead atoms. The Hall–Kier alpha value is -2.31. The third-order valence-corrected chi connectivity index (χ3v) is 3.25. The van der Waals surface area contributed by atoms with Crippen LogP contribution in [0.3, 0.4) is 0 Å². The highest BCUT2D eigenvalue weighted by Gasteiger charge is 2.14. The van der Waals surface area contributed by atoms with Gasteiger partial charge in [-0.1, -0.05) is 0 Å². The molecule has 2 N–H and O–H groups in total. The van der Waals surface area contributed by atoms with Gasteiger partial charge >= 0.3 is 5.97 Å². The smallest absolute Gasteiger partial charge is 0.337 e. The zero-order chi connectivity index (χ0) is 16.1. The van der Waals surface area contributed by atoms with Crippen molar-refractivity contribution in [3.63, 3.8) is 0 Å². The summed E-state index contributed by atoms with van der Waals surface area (Å²) in [4.78, 5) is 17.5. The second-order valence-corrected chi connectivity index (χ2v) is 4.96. The molecule has 1 heterocycles. The number of likely N-dealkylation sites (N-methyl/N-ethyl adjacent to an activating group) is 1. The summed E-state index contributed by atoms with van der Waals surface area (Å²) in [5, 5.41) is 18.2. The first-order valence-corrected chi connectivity index (χ1v) is 6.80. The minimum Gasteiger partial charge on any atom is -0.478 e. The van der Waals surface area contributed by atoms with Crippen molar-refractivity contribution in [2.75, 3.05) is 20.2 Å². The molecular weight excluding hydrogens is 287 g/mol. The van der Waals surface area contributed by atoms with Crippen molar-refractivity contribution in [3.8, 4) is 11.3 Å². The van der Waals surface area contributed by atoms with Crippen LogP contribution < -0.4 is 0 Å². The third kappa shape index (κ3) is 3.87. The molecule has 0 spiro atoms. The topological polar surface area (TPSA) is 73.7 Å². The highest BCUT2D eigenvalue weighted by Crippen LogP contribution is 2.20. The number of hydrogen-bond donors (Lipinski definition) is 2. The van der Waals surface area contributed by atoms with Gasteiger partial charge in [-0.05, 0) is 43.4 Å². The third-order valence-electron chi connectivity index (χ3n) is 3.25. The summed E-state index contributed by atoms with van der Waals surface area (Å²) in [5.74, 6) is -1.39. The molecule has 0 aliphatic heterocycles. The maximum atomic E-state index is 13.0. The normalized spacial score (nSPS) is 10.9. The van der Waals surface area contributed by atoms with Gasteiger partial charge in [-0.3, -0.25) is 9.88 Å². The number of hydrogen-bond acceptors (Lipinski definition) is 4. The largest absolute Gasteiger partial charge is 0.478 e. The molecule has 2 rings (SSSR count). The Morgan fingerprint density at radius 3 is 2.50 bits per heavy atom. The number of aliphatic hydroxyl groups excluding tert-OH is 1. The summed E-state index contributed by atoms with van der Waals surface area (Å²) in [6.45, 7) is 0.704. The zero-order valence-electron chi connectivity index (χ0n) is 12.2. The number of aromatic nitrogens is 1. The number of rotatable bonds is 6. The monoisotopic (exact) mass is 304 g/mol. The molecule has 1 aromatic heterocycles. The van der Waals surface area contributed by atoms with E-state index in [2.05, 4.69) is 4.98 Å². The van der Waals surface area contributed by atoms with Gasteiger partial charge < -0.3 is 10.2 Å². The lowest BCUT2D eigenvalue weighted by atomic mass is 10.1. The van der Waals surface area contributed by atoms with Crippen LogP contribution in [0.15, 0.2) is 36.4 Å². The fourth-order valence-electron chi connectivity index (χ4n) is 2.10. The standard InChI is InChI=1S/C16H17FN2O3/c1-19(8-9-20)10-15-13(16(21)22)6-7-14(18-15)11-2-4-12(17)5-3-11/h2-7,20H,8-10H2,1H3,(H,21,22). The number of carboxylic acids is 1. The van der Waals surface area contributed by atoms with Crippen molar-refractivity contribution < 1.29 is 19.4 Å². The highest BCUT2D eigenvalue weighted by atomic mass is 19.1. The van der Waals surface area contributed by atoms with Crippen molar-refractivity contribution in [3.05, 3.63) is 53.5 Å². The number of carbonyl (C=O) groups is 1. The van der Waals surface area contributed by atoms with E-state index >= 15 is 0 Å². The maximum Gasteiger partial charge on any atom is 0.337 e. The molecule has 0 saturated carbocycles. The van der Waals surface area contributed by atoms with Gasteiger partial charge in [0.1, 0.15) is 5.82 Å². The summed E-state index contributed by atoms with van der Waals surface area (Å²) in [7, 11) is 1.77. The molecule has 0 amide bonds. The Kier molecular flexibility index (Phi) is 5.19. The molecule has 0 atom stereocenters. The fourth-order valence-corrected chi connectivity index (χ4v) is 2.10. The van der Waals surface area contributed by atoms with Crippen LogP contribution in [-0.2, 0) is 6.54 Å². The molecule has 0 radical (unpaired) electrons. The van der Waals surface area contributed by atoms with Gasteiger partial charge in [0.05, 0.1) is 23.6 Å². The average Bonchev–Trinajstić information content (AvgIpc) is 2.48. The lowest BCUT2D eigenvalue weighted by molar-refractivity contribution is 0.0694. The van der Waals surface area contributed by atoms with Crippen LogP contribution in [0.1, 0.15) is 16.1 Å². The van der Waals surface area contributed by atoms with Crippen molar-refractivity contribution in [2.24, 2.45) is 0 Å². The molecule has 22 heavy (non-hydrogen) atoms. The number of nitrogens with zero attached hydrogens (tertiary/aromatic N) is 2. The van der Waals surface area contributed by atoms with E-state index in [9.17, 15) is 14.3 Å².